The Hall–Kier alpha value is -2.01. The minimum Gasteiger partial charge on any atom is -0.481 e. The lowest BCUT2D eigenvalue weighted by molar-refractivity contribution is -0.136. The fraction of sp³-hybridized carbons (Fsp3) is 0.333. The van der Waals surface area contributed by atoms with Crippen LogP contribution in [0, 0.1) is 0 Å². The van der Waals surface area contributed by atoms with Crippen LogP contribution in [0.3, 0.4) is 0 Å². The maximum absolute atomic E-state index is 11.1. The average Bonchev–Trinajstić information content (AvgIpc) is 2.82. The molecule has 0 fully saturated rings. The molecular formula is C15H18ClN3O2. The highest BCUT2D eigenvalue weighted by Crippen LogP contribution is 2.28. The monoisotopic (exact) mass is 307 g/mol. The fourth-order valence-corrected chi connectivity index (χ4v) is 2.20. The van der Waals surface area contributed by atoms with Gasteiger partial charge in [0.05, 0.1) is 12.1 Å². The quantitative estimate of drug-likeness (QED) is 0.683. The first-order chi connectivity index (χ1) is 10.1. The molecule has 5 nitrogen and oxygen atoms in total. The number of nitrogens with zero attached hydrogens (tertiary/aromatic N) is 1. The van der Waals surface area contributed by atoms with Crippen LogP contribution < -0.4 is 5.32 Å². The predicted octanol–water partition coefficient (Wildman–Crippen LogP) is 3.57. The molecule has 6 heteroatoms. The molecule has 0 bridgehead atoms. The Labute approximate surface area is 128 Å². The van der Waals surface area contributed by atoms with Gasteiger partial charge in [-0.05, 0) is 18.6 Å². The van der Waals surface area contributed by atoms with E-state index in [9.17, 15) is 4.79 Å². The van der Waals surface area contributed by atoms with E-state index in [1.54, 1.807) is 12.1 Å². The van der Waals surface area contributed by atoms with Gasteiger partial charge in [-0.15, -0.1) is 0 Å². The Morgan fingerprint density at radius 3 is 2.71 bits per heavy atom. The van der Waals surface area contributed by atoms with Crippen molar-refractivity contribution in [2.24, 2.45) is 0 Å². The van der Waals surface area contributed by atoms with Gasteiger partial charge in [0, 0.05) is 22.7 Å². The zero-order chi connectivity index (χ0) is 15.2. The van der Waals surface area contributed by atoms with Gasteiger partial charge < -0.3 is 10.4 Å². The van der Waals surface area contributed by atoms with Crippen molar-refractivity contribution in [1.29, 1.82) is 0 Å². The number of hydrogen-bond acceptors (Lipinski definition) is 3. The summed E-state index contributed by atoms with van der Waals surface area (Å²) in [6.45, 7) is 2.87. The summed E-state index contributed by atoms with van der Waals surface area (Å²) in [6.07, 6.45) is 1.99. The lowest BCUT2D eigenvalue weighted by Gasteiger charge is -2.06. The number of H-pyrrole nitrogens is 1. The van der Waals surface area contributed by atoms with E-state index in [0.717, 1.165) is 24.9 Å². The standard InChI is InChI=1S/C15H18ClN3O2/c1-2-3-8-17-15-12(9-13(20)21)14(18-19-15)10-4-6-11(16)7-5-10/h4-7H,2-3,8-9H2,1H3,(H,20,21)(H2,17,18,19). The van der Waals surface area contributed by atoms with Crippen LogP contribution in [0.2, 0.25) is 5.02 Å². The summed E-state index contributed by atoms with van der Waals surface area (Å²) >= 11 is 5.88. The molecule has 0 spiro atoms. The summed E-state index contributed by atoms with van der Waals surface area (Å²) in [5.41, 5.74) is 2.25. The van der Waals surface area contributed by atoms with Crippen molar-refractivity contribution in [3.8, 4) is 11.3 Å². The molecule has 2 aromatic rings. The smallest absolute Gasteiger partial charge is 0.308 e. The second kappa shape index (κ2) is 7.13. The summed E-state index contributed by atoms with van der Waals surface area (Å²) < 4.78 is 0. The van der Waals surface area contributed by atoms with Gasteiger partial charge in [-0.1, -0.05) is 37.1 Å². The highest BCUT2D eigenvalue weighted by molar-refractivity contribution is 6.30. The van der Waals surface area contributed by atoms with Gasteiger partial charge in [-0.2, -0.15) is 5.10 Å². The van der Waals surface area contributed by atoms with Crippen molar-refractivity contribution in [3.63, 3.8) is 0 Å². The third-order valence-electron chi connectivity index (χ3n) is 3.15. The van der Waals surface area contributed by atoms with E-state index < -0.39 is 5.97 Å². The van der Waals surface area contributed by atoms with Gasteiger partial charge in [0.25, 0.3) is 0 Å². The number of carbonyl (C=O) groups is 1. The minimum absolute atomic E-state index is 0.0804. The SMILES string of the molecule is CCCCNc1n[nH]c(-c2ccc(Cl)cc2)c1CC(=O)O. The lowest BCUT2D eigenvalue weighted by Crippen LogP contribution is -2.07. The topological polar surface area (TPSA) is 78.0 Å². The number of rotatable bonds is 7. The van der Waals surface area contributed by atoms with Crippen molar-refractivity contribution in [2.45, 2.75) is 26.2 Å². The number of unbranched alkanes of at least 4 members (excludes halogenated alkanes) is 1. The van der Waals surface area contributed by atoms with Gasteiger partial charge in [-0.3, -0.25) is 9.89 Å². The number of halogens is 1. The molecule has 0 aliphatic rings. The number of nitrogens with one attached hydrogen (secondary N) is 2. The van der Waals surface area contributed by atoms with Crippen molar-refractivity contribution in [3.05, 3.63) is 34.9 Å². The number of carboxylic acid groups (broad SMARTS) is 1. The van der Waals surface area contributed by atoms with Crippen LogP contribution in [0.1, 0.15) is 25.3 Å². The molecule has 1 aromatic heterocycles. The highest BCUT2D eigenvalue weighted by Gasteiger charge is 2.17. The molecule has 2 rings (SSSR count). The molecule has 21 heavy (non-hydrogen) atoms. The Morgan fingerprint density at radius 1 is 1.38 bits per heavy atom. The minimum atomic E-state index is -0.884. The molecule has 0 aliphatic heterocycles. The molecule has 0 saturated heterocycles. The first-order valence-corrected chi connectivity index (χ1v) is 7.28. The number of aromatic nitrogens is 2. The largest absolute Gasteiger partial charge is 0.481 e. The molecule has 1 aromatic carbocycles. The van der Waals surface area contributed by atoms with Crippen LogP contribution in [-0.2, 0) is 11.2 Å². The Balaban J connectivity index is 2.31. The fourth-order valence-electron chi connectivity index (χ4n) is 2.07. The number of hydrogen-bond donors (Lipinski definition) is 3. The van der Waals surface area contributed by atoms with Crippen LogP contribution in [-0.4, -0.2) is 27.8 Å². The van der Waals surface area contributed by atoms with Gasteiger partial charge in [-0.25, -0.2) is 0 Å². The number of benzene rings is 1. The number of aromatic amines is 1. The normalized spacial score (nSPS) is 10.6. The molecule has 0 radical (unpaired) electrons. The predicted molar refractivity (Wildman–Crippen MR) is 83.8 cm³/mol. The summed E-state index contributed by atoms with van der Waals surface area (Å²) in [5, 5.41) is 20.1. The lowest BCUT2D eigenvalue weighted by atomic mass is 10.1. The molecule has 112 valence electrons. The van der Waals surface area contributed by atoms with Gasteiger partial charge in [0.1, 0.15) is 0 Å². The van der Waals surface area contributed by atoms with Crippen molar-refractivity contribution < 1.29 is 9.90 Å². The van der Waals surface area contributed by atoms with Gasteiger partial charge in [0.15, 0.2) is 5.82 Å². The zero-order valence-corrected chi connectivity index (χ0v) is 12.6. The molecule has 0 unspecified atom stereocenters. The first-order valence-electron chi connectivity index (χ1n) is 6.90. The van der Waals surface area contributed by atoms with E-state index in [2.05, 4.69) is 22.4 Å². The molecule has 0 saturated carbocycles. The Bertz CT molecular complexity index is 608. The summed E-state index contributed by atoms with van der Waals surface area (Å²) in [5.74, 6) is -0.277. The zero-order valence-electron chi connectivity index (χ0n) is 11.8. The van der Waals surface area contributed by atoms with E-state index in [-0.39, 0.29) is 6.42 Å². The summed E-state index contributed by atoms with van der Waals surface area (Å²) in [4.78, 5) is 11.1. The van der Waals surface area contributed by atoms with E-state index in [1.807, 2.05) is 12.1 Å². The molecule has 0 amide bonds. The maximum Gasteiger partial charge on any atom is 0.308 e. The van der Waals surface area contributed by atoms with E-state index in [1.165, 1.54) is 0 Å². The maximum atomic E-state index is 11.1. The van der Waals surface area contributed by atoms with E-state index in [0.29, 0.717) is 22.1 Å². The molecule has 3 N–H and O–H groups in total. The van der Waals surface area contributed by atoms with Gasteiger partial charge in [0.2, 0.25) is 0 Å². The van der Waals surface area contributed by atoms with Crippen LogP contribution in [0.4, 0.5) is 5.82 Å². The van der Waals surface area contributed by atoms with Crippen LogP contribution in [0.25, 0.3) is 11.3 Å². The van der Waals surface area contributed by atoms with E-state index in [4.69, 9.17) is 16.7 Å². The number of carboxylic acids is 1. The number of aliphatic carboxylic acids is 1. The average molecular weight is 308 g/mol. The highest BCUT2D eigenvalue weighted by atomic mass is 35.5. The summed E-state index contributed by atoms with van der Waals surface area (Å²) in [6, 6.07) is 7.23. The Kier molecular flexibility index (Phi) is 5.22. The van der Waals surface area contributed by atoms with Crippen LogP contribution >= 0.6 is 11.6 Å². The van der Waals surface area contributed by atoms with Gasteiger partial charge >= 0.3 is 5.97 Å². The third kappa shape index (κ3) is 3.98. The van der Waals surface area contributed by atoms with Crippen LogP contribution in [0.15, 0.2) is 24.3 Å². The second-order valence-corrected chi connectivity index (χ2v) is 5.22. The first kappa shape index (κ1) is 15.4. The van der Waals surface area contributed by atoms with E-state index >= 15 is 0 Å². The molecule has 1 heterocycles. The molecule has 0 atom stereocenters. The Morgan fingerprint density at radius 2 is 2.10 bits per heavy atom. The molecular weight excluding hydrogens is 290 g/mol. The summed E-state index contributed by atoms with van der Waals surface area (Å²) in [7, 11) is 0. The second-order valence-electron chi connectivity index (χ2n) is 4.78. The van der Waals surface area contributed by atoms with Crippen molar-refractivity contribution in [2.75, 3.05) is 11.9 Å². The van der Waals surface area contributed by atoms with Crippen molar-refractivity contribution in [1.82, 2.24) is 10.2 Å². The molecule has 0 aliphatic carbocycles. The number of anilines is 1. The van der Waals surface area contributed by atoms with Crippen LogP contribution in [0.5, 0.6) is 0 Å². The third-order valence-corrected chi connectivity index (χ3v) is 3.40. The van der Waals surface area contributed by atoms with Crippen molar-refractivity contribution >= 4 is 23.4 Å².